The number of fused-ring (bicyclic) bond motifs is 3. The maximum atomic E-state index is 13.4. The highest BCUT2D eigenvalue weighted by atomic mass is 35.5. The van der Waals surface area contributed by atoms with Crippen LogP contribution >= 0.6 is 11.6 Å². The SMILES string of the molecule is O=C(NCCc1ccccn1)C1Cc2cc([N+](=O)[O-])ccc2N2CCN(Cc3ccc(Cl)cc3)CC12. The van der Waals surface area contributed by atoms with Crippen LogP contribution in [0.5, 0.6) is 0 Å². The number of amides is 1. The highest BCUT2D eigenvalue weighted by Gasteiger charge is 2.41. The zero-order valence-corrected chi connectivity index (χ0v) is 20.6. The van der Waals surface area contributed by atoms with Gasteiger partial charge in [-0.2, -0.15) is 0 Å². The molecule has 1 aromatic heterocycles. The molecule has 1 saturated heterocycles. The third kappa shape index (κ3) is 5.34. The van der Waals surface area contributed by atoms with E-state index in [0.29, 0.717) is 24.4 Å². The lowest BCUT2D eigenvalue weighted by molar-refractivity contribution is -0.384. The number of non-ortho nitro benzene ring substituents is 1. The van der Waals surface area contributed by atoms with E-state index in [1.165, 1.54) is 5.56 Å². The highest BCUT2D eigenvalue weighted by Crippen LogP contribution is 2.38. The second kappa shape index (κ2) is 10.6. The summed E-state index contributed by atoms with van der Waals surface area (Å²) in [7, 11) is 0. The van der Waals surface area contributed by atoms with Crippen LogP contribution in [0.1, 0.15) is 16.8 Å². The van der Waals surface area contributed by atoms with Crippen LogP contribution in [0.3, 0.4) is 0 Å². The summed E-state index contributed by atoms with van der Waals surface area (Å²) in [4.78, 5) is 33.4. The van der Waals surface area contributed by atoms with Gasteiger partial charge in [0.05, 0.1) is 16.9 Å². The minimum atomic E-state index is -0.377. The van der Waals surface area contributed by atoms with E-state index in [1.807, 2.05) is 48.5 Å². The average molecular weight is 506 g/mol. The topological polar surface area (TPSA) is 91.6 Å². The third-order valence-electron chi connectivity index (χ3n) is 7.05. The molecule has 3 aromatic rings. The maximum absolute atomic E-state index is 13.4. The van der Waals surface area contributed by atoms with Gasteiger partial charge in [0.25, 0.3) is 5.69 Å². The van der Waals surface area contributed by atoms with Crippen LogP contribution in [0.25, 0.3) is 0 Å². The van der Waals surface area contributed by atoms with Crippen molar-refractivity contribution in [2.75, 3.05) is 31.1 Å². The number of carbonyl (C=O) groups excluding carboxylic acids is 1. The van der Waals surface area contributed by atoms with Crippen molar-refractivity contribution in [3.8, 4) is 0 Å². The summed E-state index contributed by atoms with van der Waals surface area (Å²) in [5.74, 6) is -0.331. The first-order valence-corrected chi connectivity index (χ1v) is 12.5. The third-order valence-corrected chi connectivity index (χ3v) is 7.31. The minimum Gasteiger partial charge on any atom is -0.365 e. The fourth-order valence-electron chi connectivity index (χ4n) is 5.26. The van der Waals surface area contributed by atoms with Gasteiger partial charge in [-0.1, -0.05) is 29.8 Å². The molecular weight excluding hydrogens is 478 g/mol. The Balaban J connectivity index is 1.35. The van der Waals surface area contributed by atoms with E-state index >= 15 is 0 Å². The number of hydrogen-bond donors (Lipinski definition) is 1. The lowest BCUT2D eigenvalue weighted by Crippen LogP contribution is -2.61. The lowest BCUT2D eigenvalue weighted by Gasteiger charge is -2.49. The quantitative estimate of drug-likeness (QED) is 0.387. The van der Waals surface area contributed by atoms with Crippen molar-refractivity contribution in [2.45, 2.75) is 25.4 Å². The Bertz CT molecular complexity index is 1240. The van der Waals surface area contributed by atoms with Gasteiger partial charge in [-0.05, 0) is 47.9 Å². The van der Waals surface area contributed by atoms with Crippen molar-refractivity contribution in [1.29, 1.82) is 0 Å². The molecule has 3 heterocycles. The number of hydrogen-bond acceptors (Lipinski definition) is 6. The van der Waals surface area contributed by atoms with Crippen molar-refractivity contribution >= 4 is 28.9 Å². The van der Waals surface area contributed by atoms with Crippen molar-refractivity contribution < 1.29 is 9.72 Å². The molecule has 2 aliphatic rings. The van der Waals surface area contributed by atoms with E-state index in [1.54, 1.807) is 18.3 Å². The summed E-state index contributed by atoms with van der Waals surface area (Å²) >= 11 is 6.05. The smallest absolute Gasteiger partial charge is 0.269 e. The van der Waals surface area contributed by atoms with Crippen molar-refractivity contribution in [2.24, 2.45) is 5.92 Å². The molecule has 8 nitrogen and oxygen atoms in total. The first-order chi connectivity index (χ1) is 17.5. The molecule has 0 saturated carbocycles. The number of nitrogens with zero attached hydrogens (tertiary/aromatic N) is 4. The summed E-state index contributed by atoms with van der Waals surface area (Å²) in [5, 5.41) is 15.2. The Kier molecular flexibility index (Phi) is 7.16. The second-order valence-electron chi connectivity index (χ2n) is 9.37. The van der Waals surface area contributed by atoms with Crippen molar-refractivity contribution in [1.82, 2.24) is 15.2 Å². The van der Waals surface area contributed by atoms with Crippen LogP contribution in [-0.2, 0) is 24.2 Å². The molecule has 2 atom stereocenters. The van der Waals surface area contributed by atoms with Gasteiger partial charge in [-0.15, -0.1) is 0 Å². The summed E-state index contributed by atoms with van der Waals surface area (Å²) in [6, 6.07) is 18.6. The molecule has 0 bridgehead atoms. The molecule has 186 valence electrons. The fraction of sp³-hybridized carbons (Fsp3) is 0.333. The Hall–Kier alpha value is -3.49. The fourth-order valence-corrected chi connectivity index (χ4v) is 5.39. The number of halogens is 1. The number of aromatic nitrogens is 1. The molecule has 2 aromatic carbocycles. The van der Waals surface area contributed by atoms with E-state index in [-0.39, 0.29) is 28.5 Å². The zero-order chi connectivity index (χ0) is 25.1. The van der Waals surface area contributed by atoms with Gasteiger partial charge in [-0.25, -0.2) is 0 Å². The Morgan fingerprint density at radius 1 is 1.14 bits per heavy atom. The summed E-state index contributed by atoms with van der Waals surface area (Å²) < 4.78 is 0. The average Bonchev–Trinajstić information content (AvgIpc) is 2.89. The van der Waals surface area contributed by atoms with Crippen LogP contribution in [-0.4, -0.2) is 52.9 Å². The first-order valence-electron chi connectivity index (χ1n) is 12.2. The maximum Gasteiger partial charge on any atom is 0.269 e. The molecule has 9 heteroatoms. The summed E-state index contributed by atoms with van der Waals surface area (Å²) in [6.07, 6.45) is 2.87. The lowest BCUT2D eigenvalue weighted by atomic mass is 9.83. The number of anilines is 1. The molecule has 0 radical (unpaired) electrons. The van der Waals surface area contributed by atoms with Crippen molar-refractivity contribution in [3.05, 3.63) is 98.8 Å². The van der Waals surface area contributed by atoms with E-state index in [9.17, 15) is 14.9 Å². The molecule has 2 aliphatic heterocycles. The molecule has 0 aliphatic carbocycles. The first kappa shape index (κ1) is 24.2. The molecule has 1 amide bonds. The largest absolute Gasteiger partial charge is 0.365 e. The summed E-state index contributed by atoms with van der Waals surface area (Å²) in [5.41, 5.74) is 4.01. The molecule has 36 heavy (non-hydrogen) atoms. The number of nitro benzene ring substituents is 1. The molecule has 1 N–H and O–H groups in total. The van der Waals surface area contributed by atoms with Gasteiger partial charge in [0.2, 0.25) is 5.91 Å². The minimum absolute atomic E-state index is 0.0187. The zero-order valence-electron chi connectivity index (χ0n) is 19.8. The van der Waals surface area contributed by atoms with Gasteiger partial charge in [0.1, 0.15) is 0 Å². The number of benzene rings is 2. The molecule has 2 unspecified atom stereocenters. The monoisotopic (exact) mass is 505 g/mol. The van der Waals surface area contributed by atoms with Crippen LogP contribution in [0.4, 0.5) is 11.4 Å². The molecule has 0 spiro atoms. The van der Waals surface area contributed by atoms with E-state index in [4.69, 9.17) is 11.6 Å². The molecular formula is C27H28ClN5O3. The number of rotatable bonds is 7. The highest BCUT2D eigenvalue weighted by molar-refractivity contribution is 6.30. The number of piperazine rings is 1. The Labute approximate surface area is 215 Å². The van der Waals surface area contributed by atoms with Gasteiger partial charge >= 0.3 is 0 Å². The number of pyridine rings is 1. The van der Waals surface area contributed by atoms with Gasteiger partial charge in [0, 0.05) is 73.9 Å². The van der Waals surface area contributed by atoms with E-state index in [0.717, 1.165) is 43.1 Å². The normalized spacial score (nSPS) is 19.3. The van der Waals surface area contributed by atoms with Crippen LogP contribution < -0.4 is 10.2 Å². The Morgan fingerprint density at radius 2 is 1.97 bits per heavy atom. The van der Waals surface area contributed by atoms with Crippen LogP contribution in [0, 0.1) is 16.0 Å². The van der Waals surface area contributed by atoms with E-state index < -0.39 is 0 Å². The Morgan fingerprint density at radius 3 is 2.72 bits per heavy atom. The van der Waals surface area contributed by atoms with Crippen LogP contribution in [0.2, 0.25) is 5.02 Å². The second-order valence-corrected chi connectivity index (χ2v) is 9.80. The summed E-state index contributed by atoms with van der Waals surface area (Å²) in [6.45, 7) is 3.60. The number of nitrogens with one attached hydrogen (secondary N) is 1. The van der Waals surface area contributed by atoms with Crippen LogP contribution in [0.15, 0.2) is 66.9 Å². The van der Waals surface area contributed by atoms with Gasteiger partial charge < -0.3 is 10.2 Å². The predicted molar refractivity (Wildman–Crippen MR) is 139 cm³/mol. The number of carbonyl (C=O) groups is 1. The predicted octanol–water partition coefficient (Wildman–Crippen LogP) is 3.87. The standard InChI is InChI=1S/C27H28ClN5O3/c28-21-6-4-19(5-7-21)17-31-13-14-32-25-9-8-23(33(35)36)15-20(25)16-24(26(32)18-31)27(34)30-12-10-22-3-1-2-11-29-22/h1-9,11,15,24,26H,10,12-14,16-18H2,(H,30,34). The van der Waals surface area contributed by atoms with Gasteiger partial charge in [-0.3, -0.25) is 24.8 Å². The van der Waals surface area contributed by atoms with E-state index in [2.05, 4.69) is 20.1 Å². The molecule has 5 rings (SSSR count). The molecule has 1 fully saturated rings. The van der Waals surface area contributed by atoms with Gasteiger partial charge in [0.15, 0.2) is 0 Å². The number of nitro groups is 1. The van der Waals surface area contributed by atoms with Crippen molar-refractivity contribution in [3.63, 3.8) is 0 Å².